The normalized spacial score (nSPS) is 19.5. The third-order valence-electron chi connectivity index (χ3n) is 3.85. The van der Waals surface area contributed by atoms with E-state index in [-0.39, 0.29) is 5.41 Å². The Bertz CT molecular complexity index is 517. The molecule has 6 heteroatoms. The molecule has 1 aliphatic rings. The van der Waals surface area contributed by atoms with Crippen LogP contribution in [0.4, 0.5) is 0 Å². The summed E-state index contributed by atoms with van der Waals surface area (Å²) < 4.78 is 27.5. The zero-order valence-corrected chi connectivity index (χ0v) is 12.9. The van der Waals surface area contributed by atoms with Crippen LogP contribution in [0.15, 0.2) is 16.3 Å². The van der Waals surface area contributed by atoms with Gasteiger partial charge in [-0.3, -0.25) is 0 Å². The summed E-state index contributed by atoms with van der Waals surface area (Å²) in [6.07, 6.45) is 5.89. The number of hydrogen-bond acceptors (Lipinski definition) is 4. The minimum Gasteiger partial charge on any atom is -0.326 e. The van der Waals surface area contributed by atoms with Gasteiger partial charge in [0.15, 0.2) is 0 Å². The first-order valence-corrected chi connectivity index (χ1v) is 9.04. The Morgan fingerprint density at radius 3 is 2.58 bits per heavy atom. The lowest BCUT2D eigenvalue weighted by atomic mass is 9.76. The van der Waals surface area contributed by atoms with Crippen LogP contribution in [0.2, 0.25) is 0 Å². The average Bonchev–Trinajstić information content (AvgIpc) is 2.87. The average molecular weight is 302 g/mol. The number of nitrogens with one attached hydrogen (secondary N) is 1. The SMILES string of the molecule is CC1(CNS(=O)(=O)c2ccc(CN)s2)CCCCC1. The molecule has 1 fully saturated rings. The van der Waals surface area contributed by atoms with Gasteiger partial charge in [-0.15, -0.1) is 11.3 Å². The molecule has 19 heavy (non-hydrogen) atoms. The minimum absolute atomic E-state index is 0.110. The number of rotatable bonds is 5. The molecule has 0 radical (unpaired) electrons. The summed E-state index contributed by atoms with van der Waals surface area (Å²) in [6, 6.07) is 3.42. The van der Waals surface area contributed by atoms with Crippen molar-refractivity contribution >= 4 is 21.4 Å². The van der Waals surface area contributed by atoms with Gasteiger partial charge in [-0.05, 0) is 30.4 Å². The summed E-state index contributed by atoms with van der Waals surface area (Å²) in [5, 5.41) is 0. The van der Waals surface area contributed by atoms with Crippen molar-refractivity contribution in [2.45, 2.75) is 49.8 Å². The quantitative estimate of drug-likeness (QED) is 0.877. The third-order valence-corrected chi connectivity index (χ3v) is 6.85. The van der Waals surface area contributed by atoms with Crippen molar-refractivity contribution < 1.29 is 8.42 Å². The van der Waals surface area contributed by atoms with Crippen molar-refractivity contribution in [3.63, 3.8) is 0 Å². The van der Waals surface area contributed by atoms with Gasteiger partial charge < -0.3 is 5.73 Å². The second-order valence-electron chi connectivity index (χ2n) is 5.62. The second-order valence-corrected chi connectivity index (χ2v) is 8.78. The monoisotopic (exact) mass is 302 g/mol. The lowest BCUT2D eigenvalue weighted by Crippen LogP contribution is -2.36. The maximum absolute atomic E-state index is 12.2. The fourth-order valence-electron chi connectivity index (χ4n) is 2.53. The van der Waals surface area contributed by atoms with Gasteiger partial charge in [-0.1, -0.05) is 26.2 Å². The molecule has 0 spiro atoms. The molecule has 0 unspecified atom stereocenters. The largest absolute Gasteiger partial charge is 0.326 e. The van der Waals surface area contributed by atoms with Crippen molar-refractivity contribution in [1.82, 2.24) is 4.72 Å². The molecule has 1 aliphatic carbocycles. The van der Waals surface area contributed by atoms with E-state index in [4.69, 9.17) is 5.73 Å². The lowest BCUT2D eigenvalue weighted by molar-refractivity contribution is 0.219. The highest BCUT2D eigenvalue weighted by Gasteiger charge is 2.29. The summed E-state index contributed by atoms with van der Waals surface area (Å²) in [4.78, 5) is 0.893. The highest BCUT2D eigenvalue weighted by Crippen LogP contribution is 2.35. The summed E-state index contributed by atoms with van der Waals surface area (Å²) in [6.45, 7) is 3.09. The fraction of sp³-hybridized carbons (Fsp3) is 0.692. The van der Waals surface area contributed by atoms with E-state index >= 15 is 0 Å². The van der Waals surface area contributed by atoms with Crippen molar-refractivity contribution in [3.8, 4) is 0 Å². The molecule has 4 nitrogen and oxygen atoms in total. The number of nitrogens with two attached hydrogens (primary N) is 1. The van der Waals surface area contributed by atoms with Crippen molar-refractivity contribution in [3.05, 3.63) is 17.0 Å². The van der Waals surface area contributed by atoms with Gasteiger partial charge in [-0.25, -0.2) is 13.1 Å². The predicted octanol–water partition coefficient (Wildman–Crippen LogP) is 2.46. The maximum atomic E-state index is 12.2. The molecule has 1 heterocycles. The van der Waals surface area contributed by atoms with Gasteiger partial charge in [0, 0.05) is 18.0 Å². The van der Waals surface area contributed by atoms with Gasteiger partial charge in [0.05, 0.1) is 0 Å². The van der Waals surface area contributed by atoms with Gasteiger partial charge in [-0.2, -0.15) is 0 Å². The van der Waals surface area contributed by atoms with E-state index in [1.807, 2.05) is 0 Å². The smallest absolute Gasteiger partial charge is 0.250 e. The first kappa shape index (κ1) is 15.0. The van der Waals surface area contributed by atoms with Crippen LogP contribution in [-0.4, -0.2) is 15.0 Å². The summed E-state index contributed by atoms with van der Waals surface area (Å²) in [5.41, 5.74) is 5.62. The molecule has 108 valence electrons. The summed E-state index contributed by atoms with van der Waals surface area (Å²) in [5.74, 6) is 0. The van der Waals surface area contributed by atoms with Gasteiger partial charge in [0.25, 0.3) is 0 Å². The van der Waals surface area contributed by atoms with Gasteiger partial charge in [0.1, 0.15) is 4.21 Å². The minimum atomic E-state index is -3.37. The standard InChI is InChI=1S/C13H22N2O2S2/c1-13(7-3-2-4-8-13)10-15-19(16,17)12-6-5-11(9-14)18-12/h5-6,15H,2-4,7-10,14H2,1H3. The lowest BCUT2D eigenvalue weighted by Gasteiger charge is -2.33. The molecular formula is C13H22N2O2S2. The fourth-order valence-corrected chi connectivity index (χ4v) is 5.01. The Hall–Kier alpha value is -0.430. The Kier molecular flexibility index (Phi) is 4.66. The first-order chi connectivity index (χ1) is 8.95. The van der Waals surface area contributed by atoms with Crippen molar-refractivity contribution in [2.75, 3.05) is 6.54 Å². The highest BCUT2D eigenvalue weighted by atomic mass is 32.2. The van der Waals surface area contributed by atoms with Crippen LogP contribution in [0.1, 0.15) is 43.9 Å². The molecule has 0 amide bonds. The molecule has 0 saturated heterocycles. The van der Waals surface area contributed by atoms with Crippen LogP contribution in [0.5, 0.6) is 0 Å². The van der Waals surface area contributed by atoms with Gasteiger partial charge in [0.2, 0.25) is 10.0 Å². The molecule has 1 aromatic rings. The van der Waals surface area contributed by atoms with Crippen LogP contribution in [0.3, 0.4) is 0 Å². The number of sulfonamides is 1. The highest BCUT2D eigenvalue weighted by molar-refractivity contribution is 7.91. The van der Waals surface area contributed by atoms with Crippen LogP contribution in [-0.2, 0) is 16.6 Å². The zero-order chi connectivity index (χ0) is 13.9. The first-order valence-electron chi connectivity index (χ1n) is 6.74. The molecule has 3 N–H and O–H groups in total. The molecule has 0 atom stereocenters. The predicted molar refractivity (Wildman–Crippen MR) is 78.6 cm³/mol. The zero-order valence-electron chi connectivity index (χ0n) is 11.3. The van der Waals surface area contributed by atoms with E-state index in [2.05, 4.69) is 11.6 Å². The Labute approximate surface area is 119 Å². The number of thiophene rings is 1. The second kappa shape index (κ2) is 5.91. The Morgan fingerprint density at radius 2 is 2.00 bits per heavy atom. The maximum Gasteiger partial charge on any atom is 0.250 e. The van der Waals surface area contributed by atoms with Crippen LogP contribution >= 0.6 is 11.3 Å². The molecule has 0 bridgehead atoms. The topological polar surface area (TPSA) is 72.2 Å². The van der Waals surface area contributed by atoms with Crippen LogP contribution in [0.25, 0.3) is 0 Å². The van der Waals surface area contributed by atoms with Gasteiger partial charge >= 0.3 is 0 Å². The molecule has 0 aliphatic heterocycles. The summed E-state index contributed by atoms with van der Waals surface area (Å²) >= 11 is 1.25. The Morgan fingerprint density at radius 1 is 1.32 bits per heavy atom. The van der Waals surface area contributed by atoms with Crippen molar-refractivity contribution in [1.29, 1.82) is 0 Å². The van der Waals surface area contributed by atoms with Crippen LogP contribution in [0, 0.1) is 5.41 Å². The van der Waals surface area contributed by atoms with E-state index in [0.717, 1.165) is 17.7 Å². The molecule has 1 aromatic heterocycles. The summed E-state index contributed by atoms with van der Waals surface area (Å²) in [7, 11) is -3.37. The molecule has 1 saturated carbocycles. The Balaban J connectivity index is 2.01. The van der Waals surface area contributed by atoms with E-state index in [1.54, 1.807) is 12.1 Å². The van der Waals surface area contributed by atoms with E-state index in [1.165, 1.54) is 30.6 Å². The molecule has 0 aromatic carbocycles. The molecule has 2 rings (SSSR count). The van der Waals surface area contributed by atoms with E-state index in [9.17, 15) is 8.42 Å². The van der Waals surface area contributed by atoms with Crippen LogP contribution < -0.4 is 10.5 Å². The third kappa shape index (κ3) is 3.78. The van der Waals surface area contributed by atoms with Crippen molar-refractivity contribution in [2.24, 2.45) is 11.1 Å². The number of hydrogen-bond donors (Lipinski definition) is 2. The van der Waals surface area contributed by atoms with E-state index in [0.29, 0.717) is 17.3 Å². The molecular weight excluding hydrogens is 280 g/mol. The van der Waals surface area contributed by atoms with E-state index < -0.39 is 10.0 Å².